The summed E-state index contributed by atoms with van der Waals surface area (Å²) in [5, 5.41) is 3.47. The van der Waals surface area contributed by atoms with Gasteiger partial charge >= 0.3 is 0 Å². The molecule has 0 aromatic carbocycles. The van der Waals surface area contributed by atoms with Crippen molar-refractivity contribution < 1.29 is 4.74 Å². The van der Waals surface area contributed by atoms with Crippen LogP contribution in [0.5, 0.6) is 5.88 Å². The number of anilines is 1. The molecule has 30 heavy (non-hydrogen) atoms. The summed E-state index contributed by atoms with van der Waals surface area (Å²) in [6, 6.07) is 5.85. The van der Waals surface area contributed by atoms with E-state index in [1.54, 1.807) is 18.6 Å². The molecule has 1 N–H and O–H groups in total. The second-order valence-electron chi connectivity index (χ2n) is 7.98. The maximum atomic E-state index is 5.97. The minimum absolute atomic E-state index is 0.151. The van der Waals surface area contributed by atoms with E-state index in [1.807, 2.05) is 25.2 Å². The van der Waals surface area contributed by atoms with Crippen LogP contribution < -0.4 is 15.0 Å². The average Bonchev–Trinajstić information content (AvgIpc) is 2.75. The molecule has 0 spiro atoms. The van der Waals surface area contributed by atoms with Crippen molar-refractivity contribution in [3.63, 3.8) is 0 Å². The van der Waals surface area contributed by atoms with Crippen molar-refractivity contribution in [1.82, 2.24) is 25.2 Å². The monoisotopic (exact) mass is 411 g/mol. The van der Waals surface area contributed by atoms with Gasteiger partial charge in [0.05, 0.1) is 6.10 Å². The molecule has 0 radical (unpaired) electrons. The van der Waals surface area contributed by atoms with Gasteiger partial charge in [-0.25, -0.2) is 15.0 Å². The van der Waals surface area contributed by atoms with E-state index in [1.165, 1.54) is 0 Å². The predicted molar refractivity (Wildman–Crippen MR) is 120 cm³/mol. The smallest absolute Gasteiger partial charge is 0.225 e. The number of aliphatic imine (C=N–C) groups is 1. The minimum atomic E-state index is 0.151. The fourth-order valence-electron chi connectivity index (χ4n) is 3.63. The van der Waals surface area contributed by atoms with Crippen molar-refractivity contribution in [2.45, 2.75) is 39.8 Å². The van der Waals surface area contributed by atoms with Crippen LogP contribution in [0.2, 0.25) is 0 Å². The predicted octanol–water partition coefficient (Wildman–Crippen LogP) is 2.58. The third-order valence-electron chi connectivity index (χ3n) is 5.00. The Labute approximate surface area is 179 Å². The summed E-state index contributed by atoms with van der Waals surface area (Å²) >= 11 is 0. The summed E-state index contributed by atoms with van der Waals surface area (Å²) in [5.74, 6) is 2.96. The highest BCUT2D eigenvalue weighted by Gasteiger charge is 2.21. The summed E-state index contributed by atoms with van der Waals surface area (Å²) in [6.07, 6.45) is 6.53. The molecule has 0 saturated carbocycles. The third-order valence-corrected chi connectivity index (χ3v) is 5.00. The maximum absolute atomic E-state index is 5.97. The number of rotatable bonds is 7. The van der Waals surface area contributed by atoms with Gasteiger partial charge in [-0.2, -0.15) is 0 Å². The standard InChI is InChI=1S/C22H33N7O/c1-17(2)14-18(3)30-20-15-19(6-9-24-20)16-27-21(23-4)28-10-12-29(13-11-28)22-25-7-5-8-26-22/h5-9,15,17-18H,10-14,16H2,1-4H3,(H,23,27). The fourth-order valence-corrected chi connectivity index (χ4v) is 3.63. The number of hydrogen-bond donors (Lipinski definition) is 1. The van der Waals surface area contributed by atoms with Crippen molar-refractivity contribution in [2.24, 2.45) is 10.9 Å². The highest BCUT2D eigenvalue weighted by molar-refractivity contribution is 5.80. The van der Waals surface area contributed by atoms with E-state index in [-0.39, 0.29) is 6.10 Å². The molecular weight excluding hydrogens is 378 g/mol. The zero-order valence-corrected chi connectivity index (χ0v) is 18.5. The second-order valence-corrected chi connectivity index (χ2v) is 7.98. The number of nitrogens with one attached hydrogen (secondary N) is 1. The molecule has 1 aliphatic heterocycles. The summed E-state index contributed by atoms with van der Waals surface area (Å²) in [4.78, 5) is 22.0. The van der Waals surface area contributed by atoms with E-state index in [9.17, 15) is 0 Å². The summed E-state index contributed by atoms with van der Waals surface area (Å²) in [7, 11) is 1.82. The van der Waals surface area contributed by atoms with E-state index in [2.05, 4.69) is 55.8 Å². The highest BCUT2D eigenvalue weighted by atomic mass is 16.5. The van der Waals surface area contributed by atoms with Crippen molar-refractivity contribution >= 4 is 11.9 Å². The van der Waals surface area contributed by atoms with Crippen LogP contribution in [0.25, 0.3) is 0 Å². The lowest BCUT2D eigenvalue weighted by molar-refractivity contribution is 0.185. The molecule has 2 aromatic rings. The molecule has 3 heterocycles. The van der Waals surface area contributed by atoms with Crippen LogP contribution >= 0.6 is 0 Å². The molecule has 3 rings (SSSR count). The van der Waals surface area contributed by atoms with Gasteiger partial charge in [0, 0.05) is 64.4 Å². The van der Waals surface area contributed by atoms with Crippen LogP contribution in [-0.2, 0) is 6.54 Å². The molecular formula is C22H33N7O. The van der Waals surface area contributed by atoms with Crippen LogP contribution in [-0.4, -0.2) is 65.1 Å². The van der Waals surface area contributed by atoms with E-state index in [0.717, 1.165) is 50.1 Å². The Hall–Kier alpha value is -2.90. The third kappa shape index (κ3) is 6.30. The SMILES string of the molecule is CN=C(NCc1ccnc(OC(C)CC(C)C)c1)N1CCN(c2ncccn2)CC1. The molecule has 1 aliphatic rings. The number of aromatic nitrogens is 3. The summed E-state index contributed by atoms with van der Waals surface area (Å²) in [5.41, 5.74) is 1.12. The zero-order valence-electron chi connectivity index (χ0n) is 18.5. The van der Waals surface area contributed by atoms with Gasteiger partial charge in [-0.15, -0.1) is 0 Å². The highest BCUT2D eigenvalue weighted by Crippen LogP contribution is 2.15. The maximum Gasteiger partial charge on any atom is 0.225 e. The topological polar surface area (TPSA) is 78.8 Å². The Morgan fingerprint density at radius 2 is 1.83 bits per heavy atom. The largest absolute Gasteiger partial charge is 0.475 e. The molecule has 0 amide bonds. The van der Waals surface area contributed by atoms with Gasteiger partial charge in [0.25, 0.3) is 0 Å². The van der Waals surface area contributed by atoms with Crippen molar-refractivity contribution in [1.29, 1.82) is 0 Å². The molecule has 1 saturated heterocycles. The Morgan fingerprint density at radius 1 is 1.10 bits per heavy atom. The van der Waals surface area contributed by atoms with E-state index < -0.39 is 0 Å². The Balaban J connectivity index is 1.51. The number of ether oxygens (including phenoxy) is 1. The zero-order chi connectivity index (χ0) is 21.3. The number of hydrogen-bond acceptors (Lipinski definition) is 6. The molecule has 1 unspecified atom stereocenters. The second kappa shape index (κ2) is 10.8. The van der Waals surface area contributed by atoms with Gasteiger partial charge in [0.1, 0.15) is 0 Å². The van der Waals surface area contributed by atoms with Crippen molar-refractivity contribution in [3.8, 4) is 5.88 Å². The molecule has 2 aromatic heterocycles. The van der Waals surface area contributed by atoms with Crippen LogP contribution in [0.4, 0.5) is 5.95 Å². The molecule has 8 nitrogen and oxygen atoms in total. The summed E-state index contributed by atoms with van der Waals surface area (Å²) in [6.45, 7) is 10.6. The Morgan fingerprint density at radius 3 is 2.50 bits per heavy atom. The number of piperazine rings is 1. The normalized spacial score (nSPS) is 16.0. The van der Waals surface area contributed by atoms with Gasteiger partial charge < -0.3 is 19.9 Å². The van der Waals surface area contributed by atoms with Gasteiger partial charge in [-0.05, 0) is 37.0 Å². The lowest BCUT2D eigenvalue weighted by Gasteiger charge is -2.36. The number of guanidine groups is 1. The van der Waals surface area contributed by atoms with Crippen LogP contribution in [0.15, 0.2) is 41.8 Å². The van der Waals surface area contributed by atoms with Crippen molar-refractivity contribution in [2.75, 3.05) is 38.1 Å². The first-order valence-electron chi connectivity index (χ1n) is 10.6. The lowest BCUT2D eigenvalue weighted by Crippen LogP contribution is -2.52. The first kappa shape index (κ1) is 21.8. The van der Waals surface area contributed by atoms with Crippen molar-refractivity contribution in [3.05, 3.63) is 42.4 Å². The first-order chi connectivity index (χ1) is 14.5. The van der Waals surface area contributed by atoms with E-state index >= 15 is 0 Å². The number of pyridine rings is 1. The number of nitrogens with zero attached hydrogens (tertiary/aromatic N) is 6. The molecule has 0 aliphatic carbocycles. The van der Waals surface area contributed by atoms with Gasteiger partial charge in [-0.3, -0.25) is 4.99 Å². The van der Waals surface area contributed by atoms with E-state index in [4.69, 9.17) is 4.74 Å². The van der Waals surface area contributed by atoms with Gasteiger partial charge in [0.15, 0.2) is 5.96 Å². The quantitative estimate of drug-likeness (QED) is 0.554. The lowest BCUT2D eigenvalue weighted by atomic mass is 10.1. The fraction of sp³-hybridized carbons (Fsp3) is 0.545. The van der Waals surface area contributed by atoms with Crippen LogP contribution in [0.1, 0.15) is 32.8 Å². The average molecular weight is 412 g/mol. The Bertz CT molecular complexity index is 804. The van der Waals surface area contributed by atoms with Crippen LogP contribution in [0.3, 0.4) is 0 Å². The summed E-state index contributed by atoms with van der Waals surface area (Å²) < 4.78 is 5.97. The Kier molecular flexibility index (Phi) is 7.82. The van der Waals surface area contributed by atoms with E-state index in [0.29, 0.717) is 18.3 Å². The molecule has 1 atom stereocenters. The molecule has 1 fully saturated rings. The molecule has 0 bridgehead atoms. The van der Waals surface area contributed by atoms with Crippen LogP contribution in [0, 0.1) is 5.92 Å². The van der Waals surface area contributed by atoms with Gasteiger partial charge in [0.2, 0.25) is 11.8 Å². The first-order valence-corrected chi connectivity index (χ1v) is 10.6. The minimum Gasteiger partial charge on any atom is -0.475 e. The van der Waals surface area contributed by atoms with Gasteiger partial charge in [-0.1, -0.05) is 13.8 Å². The molecule has 8 heteroatoms. The molecule has 162 valence electrons.